The summed E-state index contributed by atoms with van der Waals surface area (Å²) in [7, 11) is 0. The number of nitrogens with zero attached hydrogens (tertiary/aromatic N) is 1. The molecule has 4 nitrogen and oxygen atoms in total. The van der Waals surface area contributed by atoms with E-state index >= 15 is 0 Å². The number of hydrogen-bond donors (Lipinski definition) is 2. The van der Waals surface area contributed by atoms with Gasteiger partial charge in [-0.25, -0.2) is 0 Å². The third-order valence-corrected chi connectivity index (χ3v) is 5.70. The number of alkyl halides is 3. The van der Waals surface area contributed by atoms with Crippen molar-refractivity contribution < 1.29 is 23.1 Å². The van der Waals surface area contributed by atoms with Crippen LogP contribution in [0.25, 0.3) is 0 Å². The molecule has 0 aliphatic heterocycles. The SMILES string of the molecule is CCCCCCC(=O)[C@@](C)(O)CNCc1ccc(Br)cc1.Cc1ccc(C#N)c(C(F)(F)F)c1. The number of Topliss-reactive ketones (excluding diaryl/α,β-unsaturated/α-hetero) is 1. The topological polar surface area (TPSA) is 73.1 Å². The molecule has 0 heterocycles. The predicted molar refractivity (Wildman–Crippen MR) is 131 cm³/mol. The van der Waals surface area contributed by atoms with Gasteiger partial charge in [0.15, 0.2) is 5.78 Å². The van der Waals surface area contributed by atoms with Gasteiger partial charge >= 0.3 is 6.18 Å². The van der Waals surface area contributed by atoms with E-state index in [2.05, 4.69) is 28.2 Å². The highest BCUT2D eigenvalue weighted by Gasteiger charge is 2.33. The average molecular weight is 541 g/mol. The Balaban J connectivity index is 0.000000380. The smallest absolute Gasteiger partial charge is 0.381 e. The second kappa shape index (κ2) is 14.2. The van der Waals surface area contributed by atoms with Gasteiger partial charge in [-0.1, -0.05) is 65.9 Å². The zero-order chi connectivity index (χ0) is 25.8. The molecule has 2 rings (SSSR count). The number of aryl methyl sites for hydroxylation is 1. The maximum Gasteiger partial charge on any atom is 0.417 e. The van der Waals surface area contributed by atoms with Gasteiger partial charge in [0, 0.05) is 24.0 Å². The van der Waals surface area contributed by atoms with E-state index in [1.54, 1.807) is 13.8 Å². The third kappa shape index (κ3) is 10.8. The molecule has 0 spiro atoms. The lowest BCUT2D eigenvalue weighted by Crippen LogP contribution is -2.44. The number of hydrogen-bond acceptors (Lipinski definition) is 4. The summed E-state index contributed by atoms with van der Waals surface area (Å²) in [6.45, 7) is 6.23. The van der Waals surface area contributed by atoms with Gasteiger partial charge in [-0.15, -0.1) is 0 Å². The average Bonchev–Trinajstić information content (AvgIpc) is 2.77. The molecule has 0 radical (unpaired) electrons. The van der Waals surface area contributed by atoms with Gasteiger partial charge in [0.05, 0.1) is 17.2 Å². The number of nitriles is 1. The summed E-state index contributed by atoms with van der Waals surface area (Å²) in [5.41, 5.74) is -0.856. The number of rotatable bonds is 10. The van der Waals surface area contributed by atoms with Crippen molar-refractivity contribution in [3.8, 4) is 6.07 Å². The quantitative estimate of drug-likeness (QED) is 0.328. The Morgan fingerprint density at radius 1 is 1.12 bits per heavy atom. The van der Waals surface area contributed by atoms with Crippen LogP contribution < -0.4 is 5.32 Å². The van der Waals surface area contributed by atoms with Gasteiger partial charge in [0.2, 0.25) is 0 Å². The van der Waals surface area contributed by atoms with Crippen molar-refractivity contribution in [1.82, 2.24) is 5.32 Å². The van der Waals surface area contributed by atoms with Gasteiger partial charge < -0.3 is 10.4 Å². The molecule has 186 valence electrons. The Kier molecular flexibility index (Phi) is 12.5. The van der Waals surface area contributed by atoms with Crippen molar-refractivity contribution in [2.24, 2.45) is 0 Å². The number of unbranched alkanes of at least 4 members (excludes halogenated alkanes) is 3. The number of benzene rings is 2. The minimum atomic E-state index is -4.45. The number of aliphatic hydroxyl groups is 1. The minimum absolute atomic E-state index is 0.0677. The van der Waals surface area contributed by atoms with Crippen molar-refractivity contribution in [2.45, 2.75) is 71.2 Å². The lowest BCUT2D eigenvalue weighted by Gasteiger charge is -2.22. The van der Waals surface area contributed by atoms with Crippen LogP contribution in [0.4, 0.5) is 13.2 Å². The van der Waals surface area contributed by atoms with Crippen molar-refractivity contribution in [2.75, 3.05) is 6.54 Å². The summed E-state index contributed by atoms with van der Waals surface area (Å²) < 4.78 is 37.8. The van der Waals surface area contributed by atoms with Crippen LogP contribution in [0, 0.1) is 18.3 Å². The molecule has 2 N–H and O–H groups in total. The summed E-state index contributed by atoms with van der Waals surface area (Å²) in [4.78, 5) is 12.0. The highest BCUT2D eigenvalue weighted by atomic mass is 79.9. The van der Waals surface area contributed by atoms with E-state index in [0.717, 1.165) is 41.8 Å². The molecular formula is C26H32BrF3N2O2. The van der Waals surface area contributed by atoms with Gasteiger partial charge in [0.1, 0.15) is 5.60 Å². The molecule has 0 amide bonds. The van der Waals surface area contributed by atoms with Crippen LogP contribution in [0.5, 0.6) is 0 Å². The number of carbonyl (C=O) groups is 1. The van der Waals surface area contributed by atoms with Gasteiger partial charge in [-0.3, -0.25) is 4.79 Å². The Hall–Kier alpha value is -2.21. The summed E-state index contributed by atoms with van der Waals surface area (Å²) in [6.07, 6.45) is 0.251. The van der Waals surface area contributed by atoms with Gasteiger partial charge in [-0.2, -0.15) is 18.4 Å². The van der Waals surface area contributed by atoms with Gasteiger partial charge in [-0.05, 0) is 50.1 Å². The molecule has 0 aromatic heterocycles. The summed E-state index contributed by atoms with van der Waals surface area (Å²) in [6, 6.07) is 13.1. The zero-order valence-electron chi connectivity index (χ0n) is 19.8. The van der Waals surface area contributed by atoms with E-state index in [1.807, 2.05) is 24.3 Å². The standard InChI is InChI=1S/C17H26BrNO2.C9H6F3N/c1-3-4-5-6-7-16(20)17(2,21)13-19-12-14-8-10-15(18)11-9-14;1-6-2-3-7(5-13)8(4-6)9(10,11)12/h8-11,19,21H,3-7,12-13H2,1-2H3;2-4H,1H3/t17-;/m0./s1. The number of ketones is 1. The molecule has 8 heteroatoms. The molecule has 0 saturated heterocycles. The molecule has 1 atom stereocenters. The van der Waals surface area contributed by atoms with E-state index in [-0.39, 0.29) is 17.9 Å². The van der Waals surface area contributed by atoms with Crippen molar-refractivity contribution in [3.63, 3.8) is 0 Å². The highest BCUT2D eigenvalue weighted by Crippen LogP contribution is 2.32. The van der Waals surface area contributed by atoms with Crippen LogP contribution >= 0.6 is 15.9 Å². The van der Waals surface area contributed by atoms with E-state index in [1.165, 1.54) is 18.2 Å². The Bertz CT molecular complexity index is 952. The lowest BCUT2D eigenvalue weighted by atomic mass is 9.96. The normalized spacial score (nSPS) is 12.8. The lowest BCUT2D eigenvalue weighted by molar-refractivity contribution is -0.138. The first kappa shape index (κ1) is 29.8. The predicted octanol–water partition coefficient (Wildman–Crippen LogP) is 6.71. The monoisotopic (exact) mass is 540 g/mol. The molecule has 0 fully saturated rings. The van der Waals surface area contributed by atoms with Crippen LogP contribution in [0.15, 0.2) is 46.9 Å². The Morgan fingerprint density at radius 3 is 2.32 bits per heavy atom. The van der Waals surface area contributed by atoms with Crippen LogP contribution in [0.2, 0.25) is 0 Å². The molecule has 0 unspecified atom stereocenters. The first-order valence-electron chi connectivity index (χ1n) is 11.2. The number of halogens is 4. The van der Waals surface area contributed by atoms with E-state index < -0.39 is 17.3 Å². The van der Waals surface area contributed by atoms with Crippen LogP contribution in [0.1, 0.15) is 68.2 Å². The van der Waals surface area contributed by atoms with E-state index in [9.17, 15) is 23.1 Å². The minimum Gasteiger partial charge on any atom is -0.381 e. The maximum absolute atomic E-state index is 12.3. The molecular weight excluding hydrogens is 509 g/mol. The fourth-order valence-electron chi connectivity index (χ4n) is 3.12. The summed E-state index contributed by atoms with van der Waals surface area (Å²) in [5.74, 6) is -0.0677. The first-order valence-corrected chi connectivity index (χ1v) is 12.0. The fraction of sp³-hybridized carbons (Fsp3) is 0.462. The Labute approximate surface area is 208 Å². The van der Waals surface area contributed by atoms with E-state index in [0.29, 0.717) is 18.5 Å². The molecule has 0 aliphatic carbocycles. The van der Waals surface area contributed by atoms with Crippen LogP contribution in [-0.2, 0) is 17.5 Å². The number of nitrogens with one attached hydrogen (secondary N) is 1. The Morgan fingerprint density at radius 2 is 1.76 bits per heavy atom. The van der Waals surface area contributed by atoms with Crippen LogP contribution in [-0.4, -0.2) is 23.0 Å². The molecule has 34 heavy (non-hydrogen) atoms. The van der Waals surface area contributed by atoms with Crippen molar-refractivity contribution in [1.29, 1.82) is 5.26 Å². The van der Waals surface area contributed by atoms with E-state index in [4.69, 9.17) is 5.26 Å². The first-order chi connectivity index (χ1) is 15.9. The molecule has 0 aliphatic rings. The van der Waals surface area contributed by atoms with Crippen molar-refractivity contribution in [3.05, 3.63) is 69.2 Å². The van der Waals surface area contributed by atoms with Crippen molar-refractivity contribution >= 4 is 21.7 Å². The maximum atomic E-state index is 12.3. The molecule has 0 bridgehead atoms. The van der Waals surface area contributed by atoms with Crippen LogP contribution in [0.3, 0.4) is 0 Å². The van der Waals surface area contributed by atoms with Gasteiger partial charge in [0.25, 0.3) is 0 Å². The molecule has 0 saturated carbocycles. The second-order valence-corrected chi connectivity index (χ2v) is 9.31. The second-order valence-electron chi connectivity index (χ2n) is 8.40. The highest BCUT2D eigenvalue weighted by molar-refractivity contribution is 9.10. The fourth-order valence-corrected chi connectivity index (χ4v) is 3.39. The largest absolute Gasteiger partial charge is 0.417 e. The molecule has 2 aromatic carbocycles. The molecule has 2 aromatic rings. The number of carbonyl (C=O) groups excluding carboxylic acids is 1. The zero-order valence-corrected chi connectivity index (χ0v) is 21.4. The summed E-state index contributed by atoms with van der Waals surface area (Å²) >= 11 is 3.39. The third-order valence-electron chi connectivity index (χ3n) is 5.17. The summed E-state index contributed by atoms with van der Waals surface area (Å²) in [5, 5.41) is 21.8.